The average molecular weight is 563 g/mol. The van der Waals surface area contributed by atoms with Gasteiger partial charge in [-0.15, -0.1) is 0 Å². The van der Waals surface area contributed by atoms with Crippen LogP contribution < -0.4 is 15.4 Å². The molecule has 3 aliphatic carbocycles. The molecule has 6 atom stereocenters. The lowest BCUT2D eigenvalue weighted by Gasteiger charge is -2.46. The number of nitrogens with zero attached hydrogens (tertiary/aromatic N) is 1. The van der Waals surface area contributed by atoms with Crippen molar-refractivity contribution < 1.29 is 14.6 Å². The van der Waals surface area contributed by atoms with Crippen LogP contribution in [-0.4, -0.2) is 37.3 Å². The summed E-state index contributed by atoms with van der Waals surface area (Å²) in [7, 11) is 0. The fourth-order valence-electron chi connectivity index (χ4n) is 7.93. The first kappa shape index (κ1) is 27.7. The van der Waals surface area contributed by atoms with Crippen molar-refractivity contribution in [2.24, 2.45) is 35.3 Å². The number of carbonyl (C=O) groups is 1. The summed E-state index contributed by atoms with van der Waals surface area (Å²) in [6.45, 7) is 5.52. The number of ether oxygens (including phenoxy) is 1. The molecule has 0 amide bonds. The molecule has 2 saturated carbocycles. The predicted molar refractivity (Wildman–Crippen MR) is 162 cm³/mol. The van der Waals surface area contributed by atoms with Crippen LogP contribution in [0.1, 0.15) is 73.4 Å². The Bertz CT molecular complexity index is 1280. The van der Waals surface area contributed by atoms with Gasteiger partial charge in [-0.25, -0.2) is 4.79 Å². The van der Waals surface area contributed by atoms with Crippen LogP contribution in [0.5, 0.6) is 5.75 Å². The van der Waals surface area contributed by atoms with Gasteiger partial charge in [0.05, 0.1) is 17.9 Å². The third-order valence-electron chi connectivity index (χ3n) is 10.6. The van der Waals surface area contributed by atoms with Crippen molar-refractivity contribution in [2.45, 2.75) is 63.7 Å². The number of aromatic carboxylic acids is 1. The zero-order chi connectivity index (χ0) is 27.9. The van der Waals surface area contributed by atoms with Crippen LogP contribution in [0, 0.1) is 29.6 Å². The number of halogens is 1. The Morgan fingerprint density at radius 1 is 1.20 bits per heavy atom. The summed E-state index contributed by atoms with van der Waals surface area (Å²) in [5.74, 6) is 3.13. The van der Waals surface area contributed by atoms with Gasteiger partial charge in [-0.3, -0.25) is 0 Å². The van der Waals surface area contributed by atoms with Crippen LogP contribution in [0.4, 0.5) is 5.69 Å². The minimum absolute atomic E-state index is 0.145. The number of benzene rings is 2. The maximum atomic E-state index is 11.9. The summed E-state index contributed by atoms with van der Waals surface area (Å²) in [6.07, 6.45) is 14.4. The van der Waals surface area contributed by atoms with Crippen molar-refractivity contribution in [3.8, 4) is 5.75 Å². The summed E-state index contributed by atoms with van der Waals surface area (Å²) in [6, 6.07) is 11.7. The molecule has 214 valence electrons. The Balaban J connectivity index is 1.26. The van der Waals surface area contributed by atoms with E-state index in [1.165, 1.54) is 36.8 Å². The highest BCUT2D eigenvalue weighted by Crippen LogP contribution is 2.47. The molecule has 4 aliphatic rings. The number of aryl methyl sites for hydroxylation is 1. The molecule has 6 rings (SSSR count). The molecule has 1 aliphatic heterocycles. The van der Waals surface area contributed by atoms with Crippen LogP contribution >= 0.6 is 11.6 Å². The van der Waals surface area contributed by atoms with Crippen LogP contribution in [0.15, 0.2) is 48.6 Å². The van der Waals surface area contributed by atoms with E-state index < -0.39 is 5.97 Å². The molecule has 0 aromatic heterocycles. The van der Waals surface area contributed by atoms with Crippen LogP contribution in [0.3, 0.4) is 0 Å². The predicted octanol–water partition coefficient (Wildman–Crippen LogP) is 7.10. The standard InChI is InChI=1S/C34H43ClN2O3/c1-22(4-5-23-6-7-24(23)14-16-36)29-11-8-27(29)19-37-20-34(15-2-3-25-17-28(35)10-12-30(25)34)21-40-32-13-9-26(33(38)39)18-31(32)37/h4-5,9-10,12-13,17-18,22-24,27,29H,2-3,6-8,11,14-16,19-21,36H2,1H3,(H,38,39)/b5-4-/t22-,23+,24-,27-,29-,34-/m0/s1. The molecule has 2 fully saturated rings. The van der Waals surface area contributed by atoms with Crippen molar-refractivity contribution in [3.63, 3.8) is 0 Å². The van der Waals surface area contributed by atoms with E-state index in [0.717, 1.165) is 67.7 Å². The van der Waals surface area contributed by atoms with Crippen molar-refractivity contribution in [1.82, 2.24) is 0 Å². The molecular weight excluding hydrogens is 520 g/mol. The van der Waals surface area contributed by atoms with Crippen LogP contribution in [0.2, 0.25) is 5.02 Å². The number of rotatable bonds is 8. The number of nitrogens with two attached hydrogens (primary N) is 1. The zero-order valence-corrected chi connectivity index (χ0v) is 24.4. The van der Waals surface area contributed by atoms with Gasteiger partial charge in [-0.2, -0.15) is 0 Å². The Labute approximate surface area is 243 Å². The fraction of sp³-hybridized carbons (Fsp3) is 0.559. The van der Waals surface area contributed by atoms with Gasteiger partial charge in [0, 0.05) is 23.5 Å². The monoisotopic (exact) mass is 562 g/mol. The molecule has 0 unspecified atom stereocenters. The van der Waals surface area contributed by atoms with E-state index in [1.54, 1.807) is 6.07 Å². The van der Waals surface area contributed by atoms with E-state index >= 15 is 0 Å². The molecule has 1 spiro atoms. The highest BCUT2D eigenvalue weighted by Gasteiger charge is 2.44. The minimum Gasteiger partial charge on any atom is -0.490 e. The molecule has 2 aromatic carbocycles. The van der Waals surface area contributed by atoms with E-state index in [-0.39, 0.29) is 5.41 Å². The Morgan fingerprint density at radius 3 is 2.77 bits per heavy atom. The first-order valence-electron chi connectivity index (χ1n) is 15.3. The van der Waals surface area contributed by atoms with Gasteiger partial charge in [-0.1, -0.05) is 36.7 Å². The van der Waals surface area contributed by atoms with Gasteiger partial charge in [0.25, 0.3) is 0 Å². The van der Waals surface area contributed by atoms with Gasteiger partial charge in [0.2, 0.25) is 0 Å². The van der Waals surface area contributed by atoms with E-state index in [0.29, 0.717) is 35.8 Å². The lowest BCUT2D eigenvalue weighted by molar-refractivity contribution is 0.0697. The largest absolute Gasteiger partial charge is 0.490 e. The second kappa shape index (κ2) is 11.4. The molecule has 5 nitrogen and oxygen atoms in total. The number of fused-ring (bicyclic) bond motifs is 3. The van der Waals surface area contributed by atoms with Crippen LogP contribution in [0.25, 0.3) is 0 Å². The lowest BCUT2D eigenvalue weighted by atomic mass is 9.65. The molecule has 0 saturated heterocycles. The molecule has 3 N–H and O–H groups in total. The van der Waals surface area contributed by atoms with E-state index in [2.05, 4.69) is 36.1 Å². The highest BCUT2D eigenvalue weighted by molar-refractivity contribution is 6.30. The minimum atomic E-state index is -0.899. The van der Waals surface area contributed by atoms with E-state index in [9.17, 15) is 9.90 Å². The first-order valence-corrected chi connectivity index (χ1v) is 15.7. The molecule has 1 heterocycles. The third kappa shape index (κ3) is 5.27. The summed E-state index contributed by atoms with van der Waals surface area (Å²) in [5, 5.41) is 10.6. The quantitative estimate of drug-likeness (QED) is 0.335. The smallest absolute Gasteiger partial charge is 0.335 e. The average Bonchev–Trinajstić information content (AvgIpc) is 3.06. The second-order valence-corrected chi connectivity index (χ2v) is 13.4. The SMILES string of the molecule is C[C@@H](/C=C\[C@@H]1CC[C@H]1CCN)[C@@H]1CC[C@H]1CN1C[C@@]2(CCCc3cc(Cl)ccc32)COc2ccc(C(=O)O)cc21. The Hall–Kier alpha value is -2.50. The van der Waals surface area contributed by atoms with E-state index in [4.69, 9.17) is 22.1 Å². The van der Waals surface area contributed by atoms with Gasteiger partial charge in [0.1, 0.15) is 5.75 Å². The number of hydrogen-bond acceptors (Lipinski definition) is 4. The number of hydrogen-bond donors (Lipinski definition) is 2. The fourth-order valence-corrected chi connectivity index (χ4v) is 8.12. The highest BCUT2D eigenvalue weighted by atomic mass is 35.5. The Morgan fingerprint density at radius 2 is 2.05 bits per heavy atom. The maximum absolute atomic E-state index is 11.9. The van der Waals surface area contributed by atoms with Crippen molar-refractivity contribution >= 4 is 23.3 Å². The van der Waals surface area contributed by atoms with Crippen molar-refractivity contribution in [3.05, 3.63) is 70.3 Å². The van der Waals surface area contributed by atoms with Crippen molar-refractivity contribution in [2.75, 3.05) is 31.1 Å². The normalized spacial score (nSPS) is 30.0. The summed E-state index contributed by atoms with van der Waals surface area (Å²) >= 11 is 6.40. The van der Waals surface area contributed by atoms with Crippen molar-refractivity contribution in [1.29, 1.82) is 0 Å². The van der Waals surface area contributed by atoms with Gasteiger partial charge >= 0.3 is 5.97 Å². The Kier molecular flexibility index (Phi) is 7.89. The molecular formula is C34H43ClN2O3. The van der Waals surface area contributed by atoms with E-state index in [1.807, 2.05) is 18.2 Å². The molecule has 6 heteroatoms. The molecule has 2 aromatic rings. The number of carboxylic acids is 1. The first-order chi connectivity index (χ1) is 19.4. The number of allylic oxidation sites excluding steroid dienone is 2. The molecule has 40 heavy (non-hydrogen) atoms. The maximum Gasteiger partial charge on any atom is 0.335 e. The zero-order valence-electron chi connectivity index (χ0n) is 23.7. The molecule has 0 bridgehead atoms. The summed E-state index contributed by atoms with van der Waals surface area (Å²) in [4.78, 5) is 14.4. The number of carboxylic acid groups (broad SMARTS) is 1. The van der Waals surface area contributed by atoms with Crippen LogP contribution in [-0.2, 0) is 11.8 Å². The third-order valence-corrected chi connectivity index (χ3v) is 10.8. The van der Waals surface area contributed by atoms with Gasteiger partial charge < -0.3 is 20.5 Å². The summed E-state index contributed by atoms with van der Waals surface area (Å²) in [5.41, 5.74) is 9.58. The van der Waals surface area contributed by atoms with Gasteiger partial charge in [0.15, 0.2) is 0 Å². The lowest BCUT2D eigenvalue weighted by Crippen LogP contribution is -2.49. The number of anilines is 1. The topological polar surface area (TPSA) is 75.8 Å². The van der Waals surface area contributed by atoms with Gasteiger partial charge in [-0.05, 0) is 129 Å². The second-order valence-electron chi connectivity index (χ2n) is 12.9. The molecule has 0 radical (unpaired) electrons. The summed E-state index contributed by atoms with van der Waals surface area (Å²) < 4.78 is 6.53.